The smallest absolute Gasteiger partial charge is 0.181 e. The van der Waals surface area contributed by atoms with E-state index in [1.54, 1.807) is 6.20 Å². The van der Waals surface area contributed by atoms with Crippen LogP contribution in [0.3, 0.4) is 0 Å². The van der Waals surface area contributed by atoms with Gasteiger partial charge in [-0.3, -0.25) is 5.10 Å². The third-order valence-corrected chi connectivity index (χ3v) is 2.92. The second-order valence-corrected chi connectivity index (χ2v) is 4.14. The Balaban J connectivity index is 0.000000637. The third-order valence-electron chi connectivity index (χ3n) is 2.92. The molecule has 3 aromatic heterocycles. The van der Waals surface area contributed by atoms with E-state index in [1.165, 1.54) is 0 Å². The lowest BCUT2D eigenvalue weighted by Crippen LogP contribution is -1.85. The van der Waals surface area contributed by atoms with Crippen LogP contribution in [-0.4, -0.2) is 20.3 Å². The Morgan fingerprint density at radius 2 is 1.89 bits per heavy atom. The summed E-state index contributed by atoms with van der Waals surface area (Å²) >= 11 is 0. The summed E-state index contributed by atoms with van der Waals surface area (Å²) in [6, 6.07) is 2.06. The summed E-state index contributed by atoms with van der Waals surface area (Å²) in [6.45, 7) is 9.81. The third kappa shape index (κ3) is 2.23. The Morgan fingerprint density at radius 3 is 2.53 bits per heavy atom. The molecule has 0 spiro atoms. The van der Waals surface area contributed by atoms with E-state index in [4.69, 9.17) is 4.52 Å². The van der Waals surface area contributed by atoms with Crippen molar-refractivity contribution in [2.24, 2.45) is 0 Å². The summed E-state index contributed by atoms with van der Waals surface area (Å²) < 4.78 is 5.17. The number of fused-ring (bicyclic) bond motifs is 1. The van der Waals surface area contributed by atoms with Crippen LogP contribution in [0.25, 0.3) is 22.2 Å². The van der Waals surface area contributed by atoms with Crippen LogP contribution in [0.1, 0.15) is 31.0 Å². The van der Waals surface area contributed by atoms with E-state index >= 15 is 0 Å². The minimum absolute atomic E-state index is 0.734. The minimum Gasteiger partial charge on any atom is -0.361 e. The molecule has 5 nitrogen and oxygen atoms in total. The van der Waals surface area contributed by atoms with Gasteiger partial charge in [-0.05, 0) is 26.8 Å². The fourth-order valence-electron chi connectivity index (χ4n) is 2.05. The molecule has 3 aromatic rings. The molecular formula is C14H18N4O. The lowest BCUT2D eigenvalue weighted by atomic mass is 10.1. The predicted molar refractivity (Wildman–Crippen MR) is 74.9 cm³/mol. The second kappa shape index (κ2) is 5.22. The highest BCUT2D eigenvalue weighted by atomic mass is 16.5. The number of hydrogen-bond acceptors (Lipinski definition) is 4. The van der Waals surface area contributed by atoms with Gasteiger partial charge in [-0.1, -0.05) is 19.0 Å². The molecule has 0 aliphatic heterocycles. The molecule has 1 N–H and O–H groups in total. The number of aromatic amines is 1. The normalized spacial score (nSPS) is 10.4. The molecular weight excluding hydrogens is 240 g/mol. The van der Waals surface area contributed by atoms with Crippen LogP contribution >= 0.6 is 0 Å². The van der Waals surface area contributed by atoms with Gasteiger partial charge in [0.15, 0.2) is 5.65 Å². The molecule has 0 saturated heterocycles. The molecule has 0 aromatic carbocycles. The van der Waals surface area contributed by atoms with E-state index in [0.717, 1.165) is 39.3 Å². The summed E-state index contributed by atoms with van der Waals surface area (Å²) in [7, 11) is 0. The molecule has 0 aliphatic rings. The van der Waals surface area contributed by atoms with Crippen LogP contribution in [0.5, 0.6) is 0 Å². The van der Waals surface area contributed by atoms with E-state index < -0.39 is 0 Å². The van der Waals surface area contributed by atoms with E-state index in [1.807, 2.05) is 34.6 Å². The number of aryl methyl sites for hydroxylation is 3. The molecule has 0 atom stereocenters. The first-order valence-electron chi connectivity index (χ1n) is 6.41. The van der Waals surface area contributed by atoms with Gasteiger partial charge in [0, 0.05) is 28.4 Å². The van der Waals surface area contributed by atoms with Crippen molar-refractivity contribution in [2.45, 2.75) is 34.6 Å². The average molecular weight is 258 g/mol. The fraction of sp³-hybridized carbons (Fsp3) is 0.357. The molecule has 0 aliphatic carbocycles. The van der Waals surface area contributed by atoms with Crippen LogP contribution in [0, 0.1) is 20.8 Å². The Labute approximate surface area is 112 Å². The molecule has 3 heterocycles. The van der Waals surface area contributed by atoms with Crippen molar-refractivity contribution in [2.75, 3.05) is 0 Å². The van der Waals surface area contributed by atoms with Crippen molar-refractivity contribution >= 4 is 11.0 Å². The van der Waals surface area contributed by atoms with E-state index in [9.17, 15) is 0 Å². The maximum atomic E-state index is 5.17. The molecule has 5 heteroatoms. The van der Waals surface area contributed by atoms with E-state index in [0.29, 0.717) is 0 Å². The summed E-state index contributed by atoms with van der Waals surface area (Å²) in [5, 5.41) is 12.0. The first-order chi connectivity index (χ1) is 9.16. The number of aromatic nitrogens is 4. The van der Waals surface area contributed by atoms with Crippen molar-refractivity contribution in [3.63, 3.8) is 0 Å². The summed E-state index contributed by atoms with van der Waals surface area (Å²) in [4.78, 5) is 4.33. The zero-order valence-corrected chi connectivity index (χ0v) is 11.9. The monoisotopic (exact) mass is 258 g/mol. The largest absolute Gasteiger partial charge is 0.361 e. The number of pyridine rings is 1. The Kier molecular flexibility index (Phi) is 3.64. The van der Waals surface area contributed by atoms with Gasteiger partial charge in [-0.15, -0.1) is 0 Å². The maximum absolute atomic E-state index is 5.17. The van der Waals surface area contributed by atoms with Gasteiger partial charge in [0.25, 0.3) is 0 Å². The van der Waals surface area contributed by atoms with Gasteiger partial charge in [-0.25, -0.2) is 4.98 Å². The summed E-state index contributed by atoms with van der Waals surface area (Å²) in [6.07, 6.45) is 1.80. The van der Waals surface area contributed by atoms with Gasteiger partial charge in [0.2, 0.25) is 0 Å². The minimum atomic E-state index is 0.734. The van der Waals surface area contributed by atoms with Gasteiger partial charge < -0.3 is 4.52 Å². The molecule has 0 saturated carbocycles. The molecule has 0 amide bonds. The van der Waals surface area contributed by atoms with Gasteiger partial charge in [0.1, 0.15) is 5.76 Å². The van der Waals surface area contributed by atoms with Gasteiger partial charge in [0.05, 0.1) is 5.69 Å². The highest BCUT2D eigenvalue weighted by molar-refractivity contribution is 5.83. The Hall–Kier alpha value is -2.17. The standard InChI is InChI=1S/C12H12N4O.C2H6/c1-6-10-4-9(5-13-12(10)15-14-6)11-7(2)16-17-8(11)3;1-2/h4-5H,1-3H3,(H,13,14,15);1-2H3. The second-order valence-electron chi connectivity index (χ2n) is 4.14. The Morgan fingerprint density at radius 1 is 1.16 bits per heavy atom. The van der Waals surface area contributed by atoms with Crippen molar-refractivity contribution < 1.29 is 4.52 Å². The van der Waals surface area contributed by atoms with Crippen LogP contribution in [0.2, 0.25) is 0 Å². The van der Waals surface area contributed by atoms with Crippen LogP contribution in [0.4, 0.5) is 0 Å². The molecule has 0 fully saturated rings. The number of rotatable bonds is 1. The molecule has 0 unspecified atom stereocenters. The zero-order valence-electron chi connectivity index (χ0n) is 11.9. The van der Waals surface area contributed by atoms with Gasteiger partial charge in [-0.2, -0.15) is 5.10 Å². The maximum Gasteiger partial charge on any atom is 0.181 e. The first-order valence-corrected chi connectivity index (χ1v) is 6.41. The molecule has 3 rings (SSSR count). The number of hydrogen-bond donors (Lipinski definition) is 1. The highest BCUT2D eigenvalue weighted by Gasteiger charge is 2.13. The topological polar surface area (TPSA) is 67.6 Å². The lowest BCUT2D eigenvalue weighted by Gasteiger charge is -1.99. The first kappa shape index (κ1) is 13.3. The number of nitrogens with one attached hydrogen (secondary N) is 1. The molecule has 0 radical (unpaired) electrons. The molecule has 0 bridgehead atoms. The van der Waals surface area contributed by atoms with Crippen molar-refractivity contribution in [1.82, 2.24) is 20.3 Å². The van der Waals surface area contributed by atoms with E-state index in [-0.39, 0.29) is 0 Å². The van der Waals surface area contributed by atoms with Gasteiger partial charge >= 0.3 is 0 Å². The van der Waals surface area contributed by atoms with Crippen LogP contribution in [0.15, 0.2) is 16.8 Å². The van der Waals surface area contributed by atoms with Crippen molar-refractivity contribution in [1.29, 1.82) is 0 Å². The zero-order chi connectivity index (χ0) is 14.0. The predicted octanol–water partition coefficient (Wildman–Crippen LogP) is 3.56. The van der Waals surface area contributed by atoms with Crippen LogP contribution in [-0.2, 0) is 0 Å². The average Bonchev–Trinajstić information content (AvgIpc) is 2.96. The van der Waals surface area contributed by atoms with Crippen molar-refractivity contribution in [3.05, 3.63) is 29.4 Å². The van der Waals surface area contributed by atoms with E-state index in [2.05, 4.69) is 26.4 Å². The highest BCUT2D eigenvalue weighted by Crippen LogP contribution is 2.28. The molecule has 100 valence electrons. The lowest BCUT2D eigenvalue weighted by molar-refractivity contribution is 0.393. The summed E-state index contributed by atoms with van der Waals surface area (Å²) in [5.74, 6) is 0.810. The number of nitrogens with zero attached hydrogens (tertiary/aromatic N) is 3. The fourth-order valence-corrected chi connectivity index (χ4v) is 2.05. The van der Waals surface area contributed by atoms with Crippen LogP contribution < -0.4 is 0 Å². The Bertz CT molecular complexity index is 677. The summed E-state index contributed by atoms with van der Waals surface area (Å²) in [5.41, 5.74) is 4.65. The number of H-pyrrole nitrogens is 1. The molecule has 19 heavy (non-hydrogen) atoms. The SMILES string of the molecule is CC.Cc1noc(C)c1-c1cnc2n[nH]c(C)c2c1. The quantitative estimate of drug-likeness (QED) is 0.724. The van der Waals surface area contributed by atoms with Crippen molar-refractivity contribution in [3.8, 4) is 11.1 Å².